The maximum Gasteiger partial charge on any atom is 0.118 e. The summed E-state index contributed by atoms with van der Waals surface area (Å²) in [5.74, 6) is 1.05. The molecule has 0 spiro atoms. The summed E-state index contributed by atoms with van der Waals surface area (Å²) in [7, 11) is 0. The fraction of sp³-hybridized carbons (Fsp3) is 0.600. The van der Waals surface area contributed by atoms with Crippen molar-refractivity contribution in [2.24, 2.45) is 0 Å². The number of nitrogens with zero attached hydrogens (tertiary/aromatic N) is 1. The monoisotopic (exact) mass is 248 g/mol. The van der Waals surface area contributed by atoms with Crippen LogP contribution < -0.4 is 5.32 Å². The zero-order valence-corrected chi connectivity index (χ0v) is 11.5. The van der Waals surface area contributed by atoms with Crippen molar-refractivity contribution < 1.29 is 4.42 Å². The zero-order chi connectivity index (χ0) is 13.0. The van der Waals surface area contributed by atoms with Gasteiger partial charge in [-0.05, 0) is 32.4 Å². The van der Waals surface area contributed by atoms with Gasteiger partial charge in [-0.2, -0.15) is 0 Å². The van der Waals surface area contributed by atoms with Crippen LogP contribution in [0.15, 0.2) is 28.9 Å². The smallest absolute Gasteiger partial charge is 0.118 e. The Morgan fingerprint density at radius 2 is 2.33 bits per heavy atom. The molecule has 100 valence electrons. The van der Waals surface area contributed by atoms with Crippen LogP contribution in [0, 0.1) is 0 Å². The Morgan fingerprint density at radius 3 is 2.94 bits per heavy atom. The molecule has 1 saturated carbocycles. The van der Waals surface area contributed by atoms with Crippen LogP contribution in [0.2, 0.25) is 0 Å². The SMILES string of the molecule is C=C(C)CN(CC)Cc1cc(CNC2CC2)co1. The van der Waals surface area contributed by atoms with Crippen LogP contribution in [0.5, 0.6) is 0 Å². The summed E-state index contributed by atoms with van der Waals surface area (Å²) in [4.78, 5) is 2.33. The van der Waals surface area contributed by atoms with E-state index in [0.29, 0.717) is 0 Å². The normalized spacial score (nSPS) is 15.3. The number of hydrogen-bond donors (Lipinski definition) is 1. The molecule has 1 aliphatic carbocycles. The molecule has 0 atom stereocenters. The largest absolute Gasteiger partial charge is 0.468 e. The van der Waals surface area contributed by atoms with E-state index in [0.717, 1.165) is 38.0 Å². The maximum atomic E-state index is 5.62. The molecule has 3 heteroatoms. The average Bonchev–Trinajstić information content (AvgIpc) is 3.06. The molecule has 0 aliphatic heterocycles. The van der Waals surface area contributed by atoms with Crippen molar-refractivity contribution in [3.63, 3.8) is 0 Å². The van der Waals surface area contributed by atoms with Gasteiger partial charge in [0.25, 0.3) is 0 Å². The summed E-state index contributed by atoms with van der Waals surface area (Å²) in [6.45, 7) is 12.0. The fourth-order valence-corrected chi connectivity index (χ4v) is 2.03. The van der Waals surface area contributed by atoms with Crippen molar-refractivity contribution in [1.29, 1.82) is 0 Å². The van der Waals surface area contributed by atoms with Crippen molar-refractivity contribution in [2.45, 2.75) is 45.8 Å². The molecule has 1 heterocycles. The van der Waals surface area contributed by atoms with Gasteiger partial charge in [0.1, 0.15) is 5.76 Å². The zero-order valence-electron chi connectivity index (χ0n) is 11.5. The predicted octanol–water partition coefficient (Wildman–Crippen LogP) is 2.93. The first-order valence-electron chi connectivity index (χ1n) is 6.83. The first-order chi connectivity index (χ1) is 8.67. The van der Waals surface area contributed by atoms with E-state index in [1.807, 2.05) is 6.26 Å². The summed E-state index contributed by atoms with van der Waals surface area (Å²) < 4.78 is 5.62. The Hall–Kier alpha value is -1.06. The summed E-state index contributed by atoms with van der Waals surface area (Å²) in [6, 6.07) is 2.91. The van der Waals surface area contributed by atoms with Gasteiger partial charge in [0.05, 0.1) is 12.8 Å². The molecule has 0 bridgehead atoms. The van der Waals surface area contributed by atoms with Gasteiger partial charge >= 0.3 is 0 Å². The maximum absolute atomic E-state index is 5.62. The predicted molar refractivity (Wildman–Crippen MR) is 74.3 cm³/mol. The van der Waals surface area contributed by atoms with E-state index in [4.69, 9.17) is 4.42 Å². The van der Waals surface area contributed by atoms with Crippen molar-refractivity contribution in [3.05, 3.63) is 35.8 Å². The molecule has 1 aromatic rings. The van der Waals surface area contributed by atoms with Crippen molar-refractivity contribution >= 4 is 0 Å². The van der Waals surface area contributed by atoms with E-state index in [1.54, 1.807) is 0 Å². The molecule has 3 nitrogen and oxygen atoms in total. The van der Waals surface area contributed by atoms with E-state index in [2.05, 4.69) is 36.7 Å². The molecule has 1 aromatic heterocycles. The van der Waals surface area contributed by atoms with Crippen LogP contribution in [0.4, 0.5) is 0 Å². The number of rotatable bonds is 8. The molecule has 0 aromatic carbocycles. The lowest BCUT2D eigenvalue weighted by Gasteiger charge is -2.18. The molecule has 1 N–H and O–H groups in total. The van der Waals surface area contributed by atoms with Crippen LogP contribution in [0.3, 0.4) is 0 Å². The number of nitrogens with one attached hydrogen (secondary N) is 1. The molecule has 1 fully saturated rings. The van der Waals surface area contributed by atoms with Gasteiger partial charge in [-0.25, -0.2) is 0 Å². The molecular formula is C15H24N2O. The van der Waals surface area contributed by atoms with Gasteiger partial charge in [0.15, 0.2) is 0 Å². The Balaban J connectivity index is 1.81. The fourth-order valence-electron chi connectivity index (χ4n) is 2.03. The van der Waals surface area contributed by atoms with Gasteiger partial charge in [0.2, 0.25) is 0 Å². The van der Waals surface area contributed by atoms with E-state index < -0.39 is 0 Å². The first kappa shape index (κ1) is 13.4. The lowest BCUT2D eigenvalue weighted by Crippen LogP contribution is -2.24. The third-order valence-electron chi connectivity index (χ3n) is 3.20. The Morgan fingerprint density at radius 1 is 1.56 bits per heavy atom. The quantitative estimate of drug-likeness (QED) is 0.717. The highest BCUT2D eigenvalue weighted by Crippen LogP contribution is 2.20. The molecule has 0 saturated heterocycles. The molecule has 0 unspecified atom stereocenters. The van der Waals surface area contributed by atoms with E-state index in [1.165, 1.54) is 24.0 Å². The van der Waals surface area contributed by atoms with Gasteiger partial charge in [-0.15, -0.1) is 0 Å². The molecule has 0 amide bonds. The lowest BCUT2D eigenvalue weighted by atomic mass is 10.2. The number of hydrogen-bond acceptors (Lipinski definition) is 3. The second-order valence-corrected chi connectivity index (χ2v) is 5.34. The van der Waals surface area contributed by atoms with Crippen LogP contribution in [-0.4, -0.2) is 24.0 Å². The third kappa shape index (κ3) is 4.31. The molecule has 1 aliphatic rings. The third-order valence-corrected chi connectivity index (χ3v) is 3.20. The van der Waals surface area contributed by atoms with Crippen molar-refractivity contribution in [2.75, 3.05) is 13.1 Å². The second kappa shape index (κ2) is 6.21. The summed E-state index contributed by atoms with van der Waals surface area (Å²) in [6.07, 6.45) is 4.53. The highest BCUT2D eigenvalue weighted by Gasteiger charge is 2.20. The van der Waals surface area contributed by atoms with Gasteiger partial charge < -0.3 is 9.73 Å². The summed E-state index contributed by atoms with van der Waals surface area (Å²) >= 11 is 0. The highest BCUT2D eigenvalue weighted by atomic mass is 16.3. The van der Waals surface area contributed by atoms with Gasteiger partial charge in [-0.3, -0.25) is 4.90 Å². The van der Waals surface area contributed by atoms with Crippen LogP contribution >= 0.6 is 0 Å². The first-order valence-corrected chi connectivity index (χ1v) is 6.83. The Kier molecular flexibility index (Phi) is 4.61. The van der Waals surface area contributed by atoms with E-state index in [9.17, 15) is 0 Å². The van der Waals surface area contributed by atoms with Crippen LogP contribution in [0.25, 0.3) is 0 Å². The lowest BCUT2D eigenvalue weighted by molar-refractivity contribution is 0.276. The molecular weight excluding hydrogens is 224 g/mol. The van der Waals surface area contributed by atoms with Gasteiger partial charge in [-0.1, -0.05) is 19.1 Å². The van der Waals surface area contributed by atoms with Crippen molar-refractivity contribution in [1.82, 2.24) is 10.2 Å². The summed E-state index contributed by atoms with van der Waals surface area (Å²) in [5, 5.41) is 3.50. The summed E-state index contributed by atoms with van der Waals surface area (Å²) in [5.41, 5.74) is 2.45. The standard InChI is InChI=1S/C15H24N2O/c1-4-17(9-12(2)3)10-15-7-13(11-18-15)8-16-14-5-6-14/h7,11,14,16H,2,4-6,8-10H2,1,3H3. The molecule has 0 radical (unpaired) electrons. The number of likely N-dealkylation sites (N-methyl/N-ethyl adjacent to an activating group) is 1. The highest BCUT2D eigenvalue weighted by molar-refractivity contribution is 5.13. The minimum atomic E-state index is 0.749. The van der Waals surface area contributed by atoms with Gasteiger partial charge in [0, 0.05) is 24.7 Å². The van der Waals surface area contributed by atoms with E-state index in [-0.39, 0.29) is 0 Å². The molecule has 18 heavy (non-hydrogen) atoms. The van der Waals surface area contributed by atoms with E-state index >= 15 is 0 Å². The average molecular weight is 248 g/mol. The Labute approximate surface area is 110 Å². The molecule has 2 rings (SSSR count). The minimum Gasteiger partial charge on any atom is -0.468 e. The minimum absolute atomic E-state index is 0.749. The van der Waals surface area contributed by atoms with Crippen molar-refractivity contribution in [3.8, 4) is 0 Å². The Bertz CT molecular complexity index is 393. The van der Waals surface area contributed by atoms with Crippen LogP contribution in [-0.2, 0) is 13.1 Å². The second-order valence-electron chi connectivity index (χ2n) is 5.34. The topological polar surface area (TPSA) is 28.4 Å². The van der Waals surface area contributed by atoms with Crippen LogP contribution in [0.1, 0.15) is 38.0 Å². The number of furan rings is 1.